The van der Waals surface area contributed by atoms with E-state index in [2.05, 4.69) is 10.2 Å². The lowest BCUT2D eigenvalue weighted by Crippen LogP contribution is -2.53. The Morgan fingerprint density at radius 3 is 2.38 bits per heavy atom. The molecule has 26 heavy (non-hydrogen) atoms. The number of piperazine rings is 1. The fourth-order valence-corrected chi connectivity index (χ4v) is 3.21. The van der Waals surface area contributed by atoms with Gasteiger partial charge in [0, 0.05) is 44.5 Å². The number of nitrogens with zero attached hydrogens (tertiary/aromatic N) is 2. The molecule has 0 aromatic heterocycles. The van der Waals surface area contributed by atoms with Gasteiger partial charge in [0.05, 0.1) is 12.5 Å². The van der Waals surface area contributed by atoms with Crippen LogP contribution in [0.3, 0.4) is 0 Å². The third-order valence-electron chi connectivity index (χ3n) is 5.37. The third-order valence-corrected chi connectivity index (χ3v) is 5.37. The molecule has 0 radical (unpaired) electrons. The molecule has 1 saturated heterocycles. The van der Waals surface area contributed by atoms with Gasteiger partial charge in [-0.25, -0.2) is 4.79 Å². The summed E-state index contributed by atoms with van der Waals surface area (Å²) in [6.07, 6.45) is 0.978. The Hall–Kier alpha value is -2.44. The Balaban J connectivity index is 1.89. The van der Waals surface area contributed by atoms with Gasteiger partial charge in [-0.1, -0.05) is 19.9 Å². The number of carboxylic acids is 1. The summed E-state index contributed by atoms with van der Waals surface area (Å²) in [6.45, 7) is 6.50. The van der Waals surface area contributed by atoms with Crippen LogP contribution in [0.1, 0.15) is 26.7 Å². The number of nitrogens with one attached hydrogen (secondary N) is 1. The molecule has 7 heteroatoms. The summed E-state index contributed by atoms with van der Waals surface area (Å²) in [5, 5.41) is 12.3. The zero-order chi connectivity index (χ0) is 19.2. The van der Waals surface area contributed by atoms with E-state index < -0.39 is 11.4 Å². The minimum atomic E-state index is -0.891. The molecule has 0 spiro atoms. The molecule has 1 fully saturated rings. The number of rotatable bonds is 7. The topological polar surface area (TPSA) is 82.1 Å². The summed E-state index contributed by atoms with van der Waals surface area (Å²) >= 11 is 0. The number of anilines is 1. The van der Waals surface area contributed by atoms with Crippen LogP contribution in [0.5, 0.6) is 5.75 Å². The average Bonchev–Trinajstić information content (AvgIpc) is 2.69. The van der Waals surface area contributed by atoms with Gasteiger partial charge in [0.1, 0.15) is 5.75 Å². The number of urea groups is 1. The Morgan fingerprint density at radius 2 is 1.85 bits per heavy atom. The molecular formula is C19H29N3O4. The van der Waals surface area contributed by atoms with Gasteiger partial charge < -0.3 is 25.0 Å². The number of aliphatic carboxylic acids is 1. The summed E-state index contributed by atoms with van der Waals surface area (Å²) in [4.78, 5) is 27.9. The number of hydrogen-bond acceptors (Lipinski definition) is 4. The van der Waals surface area contributed by atoms with E-state index in [-0.39, 0.29) is 12.6 Å². The zero-order valence-corrected chi connectivity index (χ0v) is 15.8. The number of ether oxygens (including phenoxy) is 1. The Kier molecular flexibility index (Phi) is 6.71. The van der Waals surface area contributed by atoms with Crippen molar-refractivity contribution in [2.45, 2.75) is 26.7 Å². The highest BCUT2D eigenvalue weighted by Crippen LogP contribution is 2.26. The van der Waals surface area contributed by atoms with Gasteiger partial charge >= 0.3 is 12.0 Å². The highest BCUT2D eigenvalue weighted by molar-refractivity contribution is 5.78. The van der Waals surface area contributed by atoms with Gasteiger partial charge in [-0.15, -0.1) is 0 Å². The van der Waals surface area contributed by atoms with E-state index in [9.17, 15) is 14.7 Å². The van der Waals surface area contributed by atoms with E-state index >= 15 is 0 Å². The van der Waals surface area contributed by atoms with Crippen LogP contribution in [-0.4, -0.2) is 61.8 Å². The molecule has 0 bridgehead atoms. The quantitative estimate of drug-likeness (QED) is 0.777. The molecule has 2 N–H and O–H groups in total. The van der Waals surface area contributed by atoms with Crippen molar-refractivity contribution in [3.8, 4) is 5.75 Å². The van der Waals surface area contributed by atoms with Crippen molar-refractivity contribution >= 4 is 17.7 Å². The van der Waals surface area contributed by atoms with Crippen molar-refractivity contribution in [1.29, 1.82) is 0 Å². The number of benzene rings is 1. The van der Waals surface area contributed by atoms with Crippen LogP contribution < -0.4 is 15.0 Å². The van der Waals surface area contributed by atoms with Crippen molar-refractivity contribution in [2.24, 2.45) is 5.41 Å². The maximum absolute atomic E-state index is 12.4. The predicted molar refractivity (Wildman–Crippen MR) is 101 cm³/mol. The number of carbonyl (C=O) groups is 2. The maximum atomic E-state index is 12.4. The normalized spacial score (nSPS) is 14.9. The second-order valence-electron chi connectivity index (χ2n) is 6.63. The predicted octanol–water partition coefficient (Wildman–Crippen LogP) is 2.42. The summed E-state index contributed by atoms with van der Waals surface area (Å²) in [5.41, 5.74) is 0.184. The van der Waals surface area contributed by atoms with E-state index in [0.717, 1.165) is 24.5 Å². The SMILES string of the molecule is CCC(CC)(CNC(=O)N1CCN(c2cccc(OC)c2)CC1)C(=O)O. The van der Waals surface area contributed by atoms with Gasteiger partial charge in [0.2, 0.25) is 0 Å². The number of methoxy groups -OCH3 is 1. The van der Waals surface area contributed by atoms with Crippen LogP contribution in [0.4, 0.5) is 10.5 Å². The molecule has 2 amide bonds. The second kappa shape index (κ2) is 8.78. The number of carbonyl (C=O) groups excluding carboxylic acids is 1. The molecule has 1 heterocycles. The minimum Gasteiger partial charge on any atom is -0.497 e. The van der Waals surface area contributed by atoms with Gasteiger partial charge in [0.25, 0.3) is 0 Å². The second-order valence-corrected chi connectivity index (χ2v) is 6.63. The first kappa shape index (κ1) is 19.9. The van der Waals surface area contributed by atoms with Crippen molar-refractivity contribution in [1.82, 2.24) is 10.2 Å². The monoisotopic (exact) mass is 363 g/mol. The highest BCUT2D eigenvalue weighted by atomic mass is 16.5. The molecule has 1 aromatic carbocycles. The lowest BCUT2D eigenvalue weighted by molar-refractivity contribution is -0.149. The van der Waals surface area contributed by atoms with Gasteiger partial charge in [-0.3, -0.25) is 4.79 Å². The molecular weight excluding hydrogens is 334 g/mol. The fourth-order valence-electron chi connectivity index (χ4n) is 3.21. The van der Waals surface area contributed by atoms with Crippen LogP contribution in [0.25, 0.3) is 0 Å². The first-order valence-corrected chi connectivity index (χ1v) is 9.11. The molecule has 0 unspecified atom stereocenters. The van der Waals surface area contributed by atoms with Crippen LogP contribution in [0.2, 0.25) is 0 Å². The molecule has 0 saturated carbocycles. The third kappa shape index (κ3) is 4.39. The average molecular weight is 363 g/mol. The van der Waals surface area contributed by atoms with Crippen LogP contribution in [0.15, 0.2) is 24.3 Å². The van der Waals surface area contributed by atoms with Crippen molar-refractivity contribution in [3.05, 3.63) is 24.3 Å². The Bertz CT molecular complexity index is 623. The van der Waals surface area contributed by atoms with E-state index in [1.54, 1.807) is 12.0 Å². The molecule has 1 aliphatic rings. The number of amides is 2. The first-order chi connectivity index (χ1) is 12.5. The standard InChI is InChI=1S/C19H29N3O4/c1-4-19(5-2,17(23)24)14-20-18(25)22-11-9-21(10-12-22)15-7-6-8-16(13-15)26-3/h6-8,13H,4-5,9-12,14H2,1-3H3,(H,20,25)(H,23,24). The Labute approximate surface area is 154 Å². The molecule has 2 rings (SSSR count). The number of carboxylic acid groups (broad SMARTS) is 1. The lowest BCUT2D eigenvalue weighted by Gasteiger charge is -2.37. The van der Waals surface area contributed by atoms with Crippen molar-refractivity contribution in [3.63, 3.8) is 0 Å². The highest BCUT2D eigenvalue weighted by Gasteiger charge is 2.35. The van der Waals surface area contributed by atoms with E-state index in [0.29, 0.717) is 25.9 Å². The lowest BCUT2D eigenvalue weighted by atomic mass is 9.82. The van der Waals surface area contributed by atoms with E-state index in [1.165, 1.54) is 0 Å². The first-order valence-electron chi connectivity index (χ1n) is 9.11. The Morgan fingerprint density at radius 1 is 1.19 bits per heavy atom. The van der Waals surface area contributed by atoms with Crippen molar-refractivity contribution in [2.75, 3.05) is 44.7 Å². The van der Waals surface area contributed by atoms with Gasteiger partial charge in [-0.05, 0) is 25.0 Å². The summed E-state index contributed by atoms with van der Waals surface area (Å²) in [7, 11) is 1.64. The fraction of sp³-hybridized carbons (Fsp3) is 0.579. The van der Waals surface area contributed by atoms with Crippen LogP contribution in [0, 0.1) is 5.41 Å². The van der Waals surface area contributed by atoms with Crippen LogP contribution in [-0.2, 0) is 4.79 Å². The molecule has 1 aliphatic heterocycles. The zero-order valence-electron chi connectivity index (χ0n) is 15.8. The summed E-state index contributed by atoms with van der Waals surface area (Å²) in [5.74, 6) is -0.0440. The smallest absolute Gasteiger partial charge is 0.317 e. The molecule has 0 aliphatic carbocycles. The van der Waals surface area contributed by atoms with Crippen molar-refractivity contribution < 1.29 is 19.4 Å². The summed E-state index contributed by atoms with van der Waals surface area (Å²) in [6, 6.07) is 7.68. The van der Waals surface area contributed by atoms with E-state index in [4.69, 9.17) is 4.74 Å². The molecule has 144 valence electrons. The minimum absolute atomic E-state index is 0.157. The van der Waals surface area contributed by atoms with E-state index in [1.807, 2.05) is 38.1 Å². The van der Waals surface area contributed by atoms with Gasteiger partial charge in [0.15, 0.2) is 0 Å². The largest absolute Gasteiger partial charge is 0.497 e. The summed E-state index contributed by atoms with van der Waals surface area (Å²) < 4.78 is 5.26. The molecule has 0 atom stereocenters. The molecule has 1 aromatic rings. The van der Waals surface area contributed by atoms with Gasteiger partial charge in [-0.2, -0.15) is 0 Å². The number of hydrogen-bond donors (Lipinski definition) is 2. The van der Waals surface area contributed by atoms with Crippen LogP contribution >= 0.6 is 0 Å². The maximum Gasteiger partial charge on any atom is 0.317 e. The molecule has 7 nitrogen and oxygen atoms in total.